The number of aliphatic hydroxyl groups excluding tert-OH is 1. The fraction of sp³-hybridized carbons (Fsp3) is 0.700. The molecule has 1 aromatic rings. The van der Waals surface area contributed by atoms with Gasteiger partial charge in [0.1, 0.15) is 0 Å². The summed E-state index contributed by atoms with van der Waals surface area (Å²) in [6.07, 6.45) is 5.24. The van der Waals surface area contributed by atoms with Crippen molar-refractivity contribution in [2.24, 2.45) is 0 Å². The number of aromatic nitrogens is 2. The Balaban J connectivity index is 0.000000671. The van der Waals surface area contributed by atoms with E-state index in [9.17, 15) is 0 Å². The van der Waals surface area contributed by atoms with E-state index < -0.39 is 0 Å². The van der Waals surface area contributed by atoms with Crippen molar-refractivity contribution in [3.05, 3.63) is 18.0 Å². The fourth-order valence-electron chi connectivity index (χ4n) is 1.03. The summed E-state index contributed by atoms with van der Waals surface area (Å²) >= 11 is 0. The van der Waals surface area contributed by atoms with Gasteiger partial charge < -0.3 is 5.11 Å². The molecule has 3 heteroatoms. The predicted octanol–water partition coefficient (Wildman–Crippen LogP) is 2.02. The predicted molar refractivity (Wildman–Crippen MR) is 54.7 cm³/mol. The summed E-state index contributed by atoms with van der Waals surface area (Å²) in [7, 11) is 1.00. The number of aryl methyl sites for hydroxylation is 1. The largest absolute Gasteiger partial charge is 0.400 e. The minimum absolute atomic E-state index is 0.598. The van der Waals surface area contributed by atoms with Crippen LogP contribution in [0.15, 0.2) is 12.4 Å². The molecule has 3 nitrogen and oxygen atoms in total. The number of nitrogens with zero attached hydrogens (tertiary/aromatic N) is 2. The van der Waals surface area contributed by atoms with E-state index in [-0.39, 0.29) is 0 Å². The molecule has 0 aromatic carbocycles. The van der Waals surface area contributed by atoms with Gasteiger partial charge in [-0.05, 0) is 17.9 Å². The van der Waals surface area contributed by atoms with Crippen LogP contribution in [0.1, 0.15) is 38.7 Å². The molecule has 0 aliphatic heterocycles. The van der Waals surface area contributed by atoms with Crippen LogP contribution >= 0.6 is 0 Å². The van der Waals surface area contributed by atoms with E-state index in [0.717, 1.165) is 20.1 Å². The molecule has 0 bridgehead atoms. The Morgan fingerprint density at radius 2 is 2.08 bits per heavy atom. The second kappa shape index (κ2) is 6.66. The summed E-state index contributed by atoms with van der Waals surface area (Å²) in [5.74, 6) is 0.598. The lowest BCUT2D eigenvalue weighted by atomic mass is 10.1. The van der Waals surface area contributed by atoms with Crippen LogP contribution in [0.3, 0.4) is 0 Å². The molecule has 1 heterocycles. The zero-order valence-corrected chi connectivity index (χ0v) is 8.99. The molecule has 1 rings (SSSR count). The molecule has 13 heavy (non-hydrogen) atoms. The summed E-state index contributed by atoms with van der Waals surface area (Å²) in [4.78, 5) is 0. The van der Waals surface area contributed by atoms with Gasteiger partial charge >= 0.3 is 0 Å². The molecular weight excluding hydrogens is 164 g/mol. The van der Waals surface area contributed by atoms with E-state index in [2.05, 4.69) is 32.1 Å². The first-order valence-electron chi connectivity index (χ1n) is 4.71. The van der Waals surface area contributed by atoms with Crippen molar-refractivity contribution < 1.29 is 5.11 Å². The maximum Gasteiger partial charge on any atom is 0.0524 e. The Labute approximate surface area is 80.4 Å². The Hall–Kier alpha value is -0.830. The normalized spacial score (nSPS) is 9.69. The smallest absolute Gasteiger partial charge is 0.0524 e. The van der Waals surface area contributed by atoms with Crippen molar-refractivity contribution in [2.45, 2.75) is 39.7 Å². The third-order valence-corrected chi connectivity index (χ3v) is 1.77. The molecule has 0 aliphatic rings. The topological polar surface area (TPSA) is 38.0 Å². The summed E-state index contributed by atoms with van der Waals surface area (Å²) in [5.41, 5.74) is 1.33. The van der Waals surface area contributed by atoms with Crippen molar-refractivity contribution in [3.63, 3.8) is 0 Å². The zero-order chi connectivity index (χ0) is 10.3. The highest BCUT2D eigenvalue weighted by Crippen LogP contribution is 2.11. The highest BCUT2D eigenvalue weighted by Gasteiger charge is 2.00. The van der Waals surface area contributed by atoms with E-state index in [4.69, 9.17) is 5.11 Å². The first kappa shape index (κ1) is 12.2. The van der Waals surface area contributed by atoms with E-state index >= 15 is 0 Å². The minimum atomic E-state index is 0.598. The van der Waals surface area contributed by atoms with Gasteiger partial charge in [0, 0.05) is 19.9 Å². The van der Waals surface area contributed by atoms with Crippen LogP contribution in [0.5, 0.6) is 0 Å². The van der Waals surface area contributed by atoms with Crippen LogP contribution in [0.4, 0.5) is 0 Å². The van der Waals surface area contributed by atoms with E-state index in [1.807, 2.05) is 10.9 Å². The second-order valence-electron chi connectivity index (χ2n) is 3.19. The van der Waals surface area contributed by atoms with E-state index in [1.54, 1.807) is 0 Å². The van der Waals surface area contributed by atoms with Crippen LogP contribution in [0, 0.1) is 0 Å². The summed E-state index contributed by atoms with van der Waals surface area (Å²) in [6.45, 7) is 7.57. The lowest BCUT2D eigenvalue weighted by molar-refractivity contribution is 0.399. The van der Waals surface area contributed by atoms with Gasteiger partial charge in [-0.15, -0.1) is 0 Å². The molecule has 1 aromatic heterocycles. The highest BCUT2D eigenvalue weighted by molar-refractivity contribution is 5.08. The quantitative estimate of drug-likeness (QED) is 0.780. The number of aliphatic hydroxyl groups is 1. The molecule has 0 aliphatic carbocycles. The van der Waals surface area contributed by atoms with Gasteiger partial charge in [0.2, 0.25) is 0 Å². The van der Waals surface area contributed by atoms with E-state index in [0.29, 0.717) is 5.92 Å². The molecule has 0 saturated carbocycles. The van der Waals surface area contributed by atoms with Crippen molar-refractivity contribution in [3.8, 4) is 0 Å². The van der Waals surface area contributed by atoms with Crippen molar-refractivity contribution >= 4 is 0 Å². The molecule has 0 amide bonds. The number of rotatable bonds is 3. The van der Waals surface area contributed by atoms with Crippen LogP contribution in [0.2, 0.25) is 0 Å². The molecule has 76 valence electrons. The summed E-state index contributed by atoms with van der Waals surface area (Å²) in [5, 5.41) is 11.2. The molecule has 0 fully saturated rings. The standard InChI is InChI=1S/C9H16N2.CH4O/c1-4-5-11-7-9(6-10-11)8(2)3;1-2/h6-8H,4-5H2,1-3H3;2H,1H3. The molecular formula is C10H20N2O. The molecule has 0 radical (unpaired) electrons. The summed E-state index contributed by atoms with van der Waals surface area (Å²) < 4.78 is 2.01. The molecule has 0 atom stereocenters. The average molecular weight is 184 g/mol. The van der Waals surface area contributed by atoms with Crippen LogP contribution in [-0.2, 0) is 6.54 Å². The van der Waals surface area contributed by atoms with Crippen LogP contribution < -0.4 is 0 Å². The Kier molecular flexibility index (Phi) is 6.24. The first-order valence-corrected chi connectivity index (χ1v) is 4.71. The second-order valence-corrected chi connectivity index (χ2v) is 3.19. The molecule has 0 spiro atoms. The first-order chi connectivity index (χ1) is 6.24. The van der Waals surface area contributed by atoms with Gasteiger partial charge in [0.15, 0.2) is 0 Å². The maximum atomic E-state index is 7.00. The highest BCUT2D eigenvalue weighted by atomic mass is 16.2. The van der Waals surface area contributed by atoms with Gasteiger partial charge in [0.25, 0.3) is 0 Å². The lowest BCUT2D eigenvalue weighted by Crippen LogP contribution is -1.95. The lowest BCUT2D eigenvalue weighted by Gasteiger charge is -1.98. The monoisotopic (exact) mass is 184 g/mol. The van der Waals surface area contributed by atoms with Gasteiger partial charge in [-0.3, -0.25) is 4.68 Å². The van der Waals surface area contributed by atoms with Crippen molar-refractivity contribution in [1.82, 2.24) is 9.78 Å². The third kappa shape index (κ3) is 4.08. The minimum Gasteiger partial charge on any atom is -0.400 e. The zero-order valence-electron chi connectivity index (χ0n) is 8.99. The van der Waals surface area contributed by atoms with E-state index in [1.165, 1.54) is 5.56 Å². The fourth-order valence-corrected chi connectivity index (χ4v) is 1.03. The van der Waals surface area contributed by atoms with Gasteiger partial charge in [-0.1, -0.05) is 20.8 Å². The number of hydrogen-bond acceptors (Lipinski definition) is 2. The Morgan fingerprint density at radius 1 is 1.46 bits per heavy atom. The SMILES string of the molecule is CCCn1cc(C(C)C)cn1.CO. The van der Waals surface area contributed by atoms with Crippen LogP contribution in [-0.4, -0.2) is 22.0 Å². The van der Waals surface area contributed by atoms with Crippen LogP contribution in [0.25, 0.3) is 0 Å². The maximum absolute atomic E-state index is 7.00. The van der Waals surface area contributed by atoms with Crippen molar-refractivity contribution in [1.29, 1.82) is 0 Å². The van der Waals surface area contributed by atoms with Gasteiger partial charge in [0.05, 0.1) is 6.20 Å². The van der Waals surface area contributed by atoms with Gasteiger partial charge in [-0.25, -0.2) is 0 Å². The number of hydrogen-bond donors (Lipinski definition) is 1. The summed E-state index contributed by atoms with van der Waals surface area (Å²) in [6, 6.07) is 0. The average Bonchev–Trinajstić information content (AvgIpc) is 2.57. The van der Waals surface area contributed by atoms with Gasteiger partial charge in [-0.2, -0.15) is 5.10 Å². The molecule has 1 N–H and O–H groups in total. The van der Waals surface area contributed by atoms with Crippen molar-refractivity contribution in [2.75, 3.05) is 7.11 Å². The third-order valence-electron chi connectivity index (χ3n) is 1.77. The molecule has 0 unspecified atom stereocenters. The molecule has 0 saturated heterocycles. The Bertz CT molecular complexity index is 218. The Morgan fingerprint density at radius 3 is 2.46 bits per heavy atom.